The van der Waals surface area contributed by atoms with E-state index in [0.29, 0.717) is 36.4 Å². The molecule has 1 saturated heterocycles. The summed E-state index contributed by atoms with van der Waals surface area (Å²) in [5.41, 5.74) is 0.0786. The number of hydrogen-bond acceptors (Lipinski definition) is 9. The SMILES string of the molecule is COc1ccc2c3c1OC1C(O)=CC[C@@]4(OC(=O)C[C@H](NC(=O)[C@H](O)c5ccccc5)C(=O)O)[C@@H](C2)N(C)CCC314. The molecule has 2 aliphatic heterocycles. The number of carbonyl (C=O) groups excluding carboxylic acids is 2. The summed E-state index contributed by atoms with van der Waals surface area (Å²) >= 11 is 0. The number of likely N-dealkylation sites (N-methyl/N-ethyl adjacent to an activating group) is 1. The molecule has 0 saturated carbocycles. The summed E-state index contributed by atoms with van der Waals surface area (Å²) < 4.78 is 18.3. The zero-order chi connectivity index (χ0) is 29.1. The number of hydrogen-bond donors (Lipinski definition) is 4. The van der Waals surface area contributed by atoms with Crippen LogP contribution in [0.1, 0.15) is 42.1 Å². The average Bonchev–Trinajstić information content (AvgIpc) is 3.32. The molecule has 2 aliphatic carbocycles. The van der Waals surface area contributed by atoms with E-state index in [4.69, 9.17) is 14.2 Å². The Kier molecular flexibility index (Phi) is 6.46. The van der Waals surface area contributed by atoms with Gasteiger partial charge in [0.2, 0.25) is 0 Å². The first-order chi connectivity index (χ1) is 19.6. The molecule has 2 unspecified atom stereocenters. The normalized spacial score (nSPS) is 28.8. The van der Waals surface area contributed by atoms with Crippen molar-refractivity contribution in [1.29, 1.82) is 0 Å². The van der Waals surface area contributed by atoms with Gasteiger partial charge in [-0.05, 0) is 49.7 Å². The van der Waals surface area contributed by atoms with Crippen molar-refractivity contribution in [3.63, 3.8) is 0 Å². The number of rotatable bonds is 8. The van der Waals surface area contributed by atoms with E-state index in [1.165, 1.54) is 12.1 Å². The predicted molar refractivity (Wildman–Crippen MR) is 144 cm³/mol. The number of aliphatic hydroxyl groups excluding tert-OH is 2. The smallest absolute Gasteiger partial charge is 0.326 e. The molecule has 41 heavy (non-hydrogen) atoms. The number of nitrogens with zero attached hydrogens (tertiary/aromatic N) is 1. The van der Waals surface area contributed by atoms with Crippen molar-refractivity contribution >= 4 is 17.8 Å². The van der Waals surface area contributed by atoms with Crippen LogP contribution in [0.3, 0.4) is 0 Å². The van der Waals surface area contributed by atoms with Crippen LogP contribution in [0.4, 0.5) is 0 Å². The lowest BCUT2D eigenvalue weighted by Gasteiger charge is -2.62. The average molecular weight is 565 g/mol. The van der Waals surface area contributed by atoms with Gasteiger partial charge in [-0.15, -0.1) is 0 Å². The number of carboxylic acid groups (broad SMARTS) is 1. The van der Waals surface area contributed by atoms with E-state index in [2.05, 4.69) is 10.2 Å². The van der Waals surface area contributed by atoms with Gasteiger partial charge in [-0.1, -0.05) is 36.4 Å². The first-order valence-corrected chi connectivity index (χ1v) is 13.6. The molecule has 1 fully saturated rings. The first kappa shape index (κ1) is 27.1. The van der Waals surface area contributed by atoms with E-state index in [9.17, 15) is 29.7 Å². The quantitative estimate of drug-likeness (QED) is 0.349. The molecule has 11 nitrogen and oxygen atoms in total. The lowest BCUT2D eigenvalue weighted by Crippen LogP contribution is -2.75. The van der Waals surface area contributed by atoms with Crippen LogP contribution in [0, 0.1) is 0 Å². The second kappa shape index (κ2) is 9.78. The number of benzene rings is 2. The van der Waals surface area contributed by atoms with Gasteiger partial charge in [0.1, 0.15) is 17.4 Å². The molecule has 4 aliphatic rings. The molecule has 6 atom stereocenters. The zero-order valence-corrected chi connectivity index (χ0v) is 22.7. The molecule has 1 amide bonds. The maximum absolute atomic E-state index is 13.6. The Hall–Kier alpha value is -4.09. The van der Waals surface area contributed by atoms with E-state index < -0.39 is 53.5 Å². The Morgan fingerprint density at radius 3 is 2.66 bits per heavy atom. The molecule has 2 heterocycles. The number of aliphatic carboxylic acids is 1. The monoisotopic (exact) mass is 564 g/mol. The van der Waals surface area contributed by atoms with E-state index >= 15 is 0 Å². The maximum atomic E-state index is 13.6. The Morgan fingerprint density at radius 2 is 1.95 bits per heavy atom. The Balaban J connectivity index is 1.32. The summed E-state index contributed by atoms with van der Waals surface area (Å²) in [5, 5.41) is 33.6. The molecule has 11 heteroatoms. The molecule has 216 valence electrons. The van der Waals surface area contributed by atoms with E-state index in [0.717, 1.165) is 11.1 Å². The number of likely N-dealkylation sites (tertiary alicyclic amines) is 1. The number of carboxylic acids is 1. The molecule has 6 rings (SSSR count). The lowest BCUT2D eigenvalue weighted by atomic mass is 9.50. The molecule has 2 bridgehead atoms. The minimum absolute atomic E-state index is 0.0525. The third-order valence-corrected chi connectivity index (χ3v) is 9.18. The minimum Gasteiger partial charge on any atom is -0.509 e. The summed E-state index contributed by atoms with van der Waals surface area (Å²) in [6.07, 6.45) is -0.191. The zero-order valence-electron chi connectivity index (χ0n) is 22.7. The topological polar surface area (TPSA) is 155 Å². The van der Waals surface area contributed by atoms with Crippen molar-refractivity contribution in [3.8, 4) is 11.5 Å². The van der Waals surface area contributed by atoms with Crippen LogP contribution in [-0.2, 0) is 31.0 Å². The summed E-state index contributed by atoms with van der Waals surface area (Å²) in [4.78, 5) is 40.5. The minimum atomic E-state index is -1.63. The van der Waals surface area contributed by atoms with Crippen molar-refractivity contribution in [2.75, 3.05) is 20.7 Å². The van der Waals surface area contributed by atoms with Crippen molar-refractivity contribution < 1.29 is 43.9 Å². The van der Waals surface area contributed by atoms with Gasteiger partial charge in [0.15, 0.2) is 23.7 Å². The van der Waals surface area contributed by atoms with E-state index in [1.54, 1.807) is 31.4 Å². The number of aliphatic hydroxyl groups is 2. The molecule has 2 aromatic rings. The number of ether oxygens (including phenoxy) is 3. The fourth-order valence-electron chi connectivity index (χ4n) is 7.33. The second-order valence-electron chi connectivity index (χ2n) is 11.2. The van der Waals surface area contributed by atoms with E-state index in [1.807, 2.05) is 19.2 Å². The van der Waals surface area contributed by atoms with Gasteiger partial charge >= 0.3 is 11.9 Å². The van der Waals surface area contributed by atoms with Crippen LogP contribution in [-0.4, -0.2) is 82.6 Å². The third kappa shape index (κ3) is 3.90. The third-order valence-electron chi connectivity index (χ3n) is 9.18. The van der Waals surface area contributed by atoms with Crippen LogP contribution >= 0.6 is 0 Å². The number of carbonyl (C=O) groups is 3. The van der Waals surface area contributed by atoms with Gasteiger partial charge in [0.25, 0.3) is 5.91 Å². The van der Waals surface area contributed by atoms with Crippen molar-refractivity contribution in [2.24, 2.45) is 0 Å². The molecule has 4 N–H and O–H groups in total. The number of piperidine rings is 1. The van der Waals surface area contributed by atoms with Crippen LogP contribution in [0.2, 0.25) is 0 Å². The number of amides is 1. The van der Waals surface area contributed by atoms with Crippen molar-refractivity contribution in [2.45, 2.75) is 61.0 Å². The second-order valence-corrected chi connectivity index (χ2v) is 11.2. The highest BCUT2D eigenvalue weighted by atomic mass is 16.6. The molecule has 0 radical (unpaired) electrons. The number of esters is 1. The lowest BCUT2D eigenvalue weighted by molar-refractivity contribution is -0.205. The highest BCUT2D eigenvalue weighted by molar-refractivity contribution is 5.89. The number of methoxy groups -OCH3 is 1. The summed E-state index contributed by atoms with van der Waals surface area (Å²) in [7, 11) is 3.50. The Morgan fingerprint density at radius 1 is 1.20 bits per heavy atom. The molecule has 2 aromatic carbocycles. The fraction of sp³-hybridized carbons (Fsp3) is 0.433. The van der Waals surface area contributed by atoms with E-state index in [-0.39, 0.29) is 18.2 Å². The fourth-order valence-corrected chi connectivity index (χ4v) is 7.33. The Bertz CT molecular complexity index is 1440. The van der Waals surface area contributed by atoms with Gasteiger partial charge < -0.3 is 34.8 Å². The standard InChI is InChI=1S/C30H32N2O9/c1-32-13-12-29-23-17-8-9-20(39-2)25(23)40-26(29)19(33)10-11-30(29,21(32)14-17)41-22(34)15-18(28(37)38)31-27(36)24(35)16-6-4-3-5-7-16/h3-10,18,21,24,26,33,35H,11-15H2,1-2H3,(H,31,36)(H,37,38)/t18-,21+,24+,26?,29?,30+/m0/s1. The Labute approximate surface area is 236 Å². The molecular formula is C30H32N2O9. The van der Waals surface area contributed by atoms with Crippen LogP contribution < -0.4 is 14.8 Å². The summed E-state index contributed by atoms with van der Waals surface area (Å²) in [6.45, 7) is 0.665. The highest BCUT2D eigenvalue weighted by Crippen LogP contribution is 2.66. The molecule has 1 spiro atoms. The molecule has 0 aromatic heterocycles. The van der Waals surface area contributed by atoms with Crippen molar-refractivity contribution in [1.82, 2.24) is 10.2 Å². The van der Waals surface area contributed by atoms with Crippen LogP contribution in [0.5, 0.6) is 11.5 Å². The summed E-state index contributed by atoms with van der Waals surface area (Å²) in [6, 6.07) is 9.99. The van der Waals surface area contributed by atoms with Crippen molar-refractivity contribution in [3.05, 3.63) is 71.0 Å². The van der Waals surface area contributed by atoms with Gasteiger partial charge in [0, 0.05) is 12.0 Å². The number of nitrogens with one attached hydrogen (secondary N) is 1. The van der Waals surface area contributed by atoms with Gasteiger partial charge in [-0.2, -0.15) is 0 Å². The largest absolute Gasteiger partial charge is 0.509 e. The predicted octanol–water partition coefficient (Wildman–Crippen LogP) is 1.77. The highest BCUT2D eigenvalue weighted by Gasteiger charge is 2.74. The maximum Gasteiger partial charge on any atom is 0.326 e. The van der Waals surface area contributed by atoms with Gasteiger partial charge in [0.05, 0.1) is 25.0 Å². The van der Waals surface area contributed by atoms with Gasteiger partial charge in [-0.25, -0.2) is 4.79 Å². The molecular weight excluding hydrogens is 532 g/mol. The first-order valence-electron chi connectivity index (χ1n) is 13.6. The van der Waals surface area contributed by atoms with Crippen LogP contribution in [0.15, 0.2) is 54.3 Å². The van der Waals surface area contributed by atoms with Gasteiger partial charge in [-0.3, -0.25) is 14.5 Å². The summed E-state index contributed by atoms with van der Waals surface area (Å²) in [5.74, 6) is -2.11. The van der Waals surface area contributed by atoms with Crippen LogP contribution in [0.25, 0.3) is 0 Å².